The van der Waals surface area contributed by atoms with Gasteiger partial charge in [0.25, 0.3) is 0 Å². The second-order valence-electron chi connectivity index (χ2n) is 2.58. The highest BCUT2D eigenvalue weighted by Crippen LogP contribution is 2.35. The number of ether oxygens (including phenoxy) is 1. The Hall–Kier alpha value is -0.740. The van der Waals surface area contributed by atoms with Crippen molar-refractivity contribution in [3.63, 3.8) is 0 Å². The number of cyclic esters (lactones) is 1. The van der Waals surface area contributed by atoms with Gasteiger partial charge in [-0.15, -0.1) is 0 Å². The van der Waals surface area contributed by atoms with Crippen molar-refractivity contribution in [1.29, 1.82) is 0 Å². The van der Waals surface area contributed by atoms with Crippen LogP contribution in [0.5, 0.6) is 0 Å². The lowest BCUT2D eigenvalue weighted by Gasteiger charge is -2.08. The van der Waals surface area contributed by atoms with Gasteiger partial charge in [-0.25, -0.2) is 0 Å². The monoisotopic (exact) mass is 168 g/mol. The molecule has 1 aliphatic heterocycles. The Bertz CT molecular complexity index is 175. The van der Waals surface area contributed by atoms with E-state index in [9.17, 15) is 18.0 Å². The summed E-state index contributed by atoms with van der Waals surface area (Å²) < 4.78 is 40.0. The molecule has 0 spiro atoms. The molecular formula is C6H7F3O2. The second kappa shape index (κ2) is 2.39. The van der Waals surface area contributed by atoms with Crippen LogP contribution in [-0.2, 0) is 9.53 Å². The molecule has 2 nitrogen and oxygen atoms in total. The summed E-state index contributed by atoms with van der Waals surface area (Å²) in [7, 11) is 0. The molecule has 64 valence electrons. The van der Waals surface area contributed by atoms with Gasteiger partial charge in [-0.3, -0.25) is 4.79 Å². The minimum absolute atomic E-state index is 0.248. The van der Waals surface area contributed by atoms with Crippen molar-refractivity contribution >= 4 is 5.97 Å². The number of esters is 1. The lowest BCUT2D eigenvalue weighted by atomic mass is 10.1. The highest BCUT2D eigenvalue weighted by Gasteiger charge is 2.50. The fourth-order valence-corrected chi connectivity index (χ4v) is 1.02. The standard InChI is InChI=1S/C6H7F3O2/c1-3-2-4(5(10)11-3)6(7,8)9/h3-4H,2H2,1H3. The largest absolute Gasteiger partial charge is 0.462 e. The van der Waals surface area contributed by atoms with Gasteiger partial charge in [0.1, 0.15) is 6.10 Å². The highest BCUT2D eigenvalue weighted by atomic mass is 19.4. The predicted octanol–water partition coefficient (Wildman–Crippen LogP) is 1.50. The first kappa shape index (κ1) is 8.36. The van der Waals surface area contributed by atoms with Crippen molar-refractivity contribution < 1.29 is 22.7 Å². The van der Waals surface area contributed by atoms with Crippen molar-refractivity contribution in [2.45, 2.75) is 25.6 Å². The zero-order valence-corrected chi connectivity index (χ0v) is 5.81. The van der Waals surface area contributed by atoms with E-state index in [4.69, 9.17) is 0 Å². The topological polar surface area (TPSA) is 26.3 Å². The molecular weight excluding hydrogens is 161 g/mol. The van der Waals surface area contributed by atoms with E-state index in [0.717, 1.165) is 0 Å². The molecule has 0 aromatic heterocycles. The molecule has 0 bridgehead atoms. The van der Waals surface area contributed by atoms with Crippen LogP contribution in [0.3, 0.4) is 0 Å². The molecule has 1 rings (SSSR count). The van der Waals surface area contributed by atoms with Gasteiger partial charge >= 0.3 is 12.1 Å². The van der Waals surface area contributed by atoms with Crippen molar-refractivity contribution in [1.82, 2.24) is 0 Å². The third-order valence-corrected chi connectivity index (χ3v) is 1.56. The summed E-state index contributed by atoms with van der Waals surface area (Å²) in [4.78, 5) is 10.5. The van der Waals surface area contributed by atoms with Crippen molar-refractivity contribution in [3.8, 4) is 0 Å². The van der Waals surface area contributed by atoms with E-state index < -0.39 is 24.2 Å². The summed E-state index contributed by atoms with van der Waals surface area (Å²) in [6.45, 7) is 1.45. The summed E-state index contributed by atoms with van der Waals surface area (Å²) in [6.07, 6.45) is -5.29. The molecule has 1 heterocycles. The van der Waals surface area contributed by atoms with Gasteiger partial charge in [-0.2, -0.15) is 13.2 Å². The highest BCUT2D eigenvalue weighted by molar-refractivity contribution is 5.75. The first-order valence-electron chi connectivity index (χ1n) is 3.18. The molecule has 0 N–H and O–H groups in total. The molecule has 0 radical (unpaired) electrons. The quantitative estimate of drug-likeness (QED) is 0.512. The molecule has 2 unspecified atom stereocenters. The van der Waals surface area contributed by atoms with E-state index >= 15 is 0 Å². The third kappa shape index (κ3) is 1.64. The molecule has 1 fully saturated rings. The lowest BCUT2D eigenvalue weighted by Crippen LogP contribution is -2.26. The van der Waals surface area contributed by atoms with E-state index in [1.807, 2.05) is 0 Å². The SMILES string of the molecule is CC1CC(C(F)(F)F)C(=O)O1. The second-order valence-corrected chi connectivity index (χ2v) is 2.58. The van der Waals surface area contributed by atoms with E-state index in [2.05, 4.69) is 4.74 Å². The van der Waals surface area contributed by atoms with Gasteiger partial charge in [0, 0.05) is 6.42 Å². The number of carbonyl (C=O) groups is 1. The number of carbonyl (C=O) groups excluding carboxylic acids is 1. The van der Waals surface area contributed by atoms with Gasteiger partial charge in [0.15, 0.2) is 5.92 Å². The average Bonchev–Trinajstić information content (AvgIpc) is 2.08. The maximum atomic E-state index is 11.9. The first-order valence-corrected chi connectivity index (χ1v) is 3.18. The molecule has 0 amide bonds. The normalized spacial score (nSPS) is 32.2. The molecule has 0 saturated carbocycles. The Morgan fingerprint density at radius 2 is 2.09 bits per heavy atom. The fraction of sp³-hybridized carbons (Fsp3) is 0.833. The summed E-state index contributed by atoms with van der Waals surface area (Å²) in [5.41, 5.74) is 0. The van der Waals surface area contributed by atoms with Gasteiger partial charge in [0.05, 0.1) is 0 Å². The van der Waals surface area contributed by atoms with Gasteiger partial charge in [0.2, 0.25) is 0 Å². The molecule has 1 saturated heterocycles. The Morgan fingerprint density at radius 1 is 1.55 bits per heavy atom. The predicted molar refractivity (Wildman–Crippen MR) is 29.7 cm³/mol. The van der Waals surface area contributed by atoms with E-state index in [1.54, 1.807) is 0 Å². The Kier molecular flexibility index (Phi) is 1.82. The lowest BCUT2D eigenvalue weighted by molar-refractivity contribution is -0.185. The Balaban J connectivity index is 2.68. The maximum Gasteiger partial charge on any atom is 0.402 e. The maximum absolute atomic E-state index is 11.9. The zero-order chi connectivity index (χ0) is 8.65. The Labute approximate surface area is 61.3 Å². The average molecular weight is 168 g/mol. The Morgan fingerprint density at radius 3 is 2.27 bits per heavy atom. The number of halogens is 3. The van der Waals surface area contributed by atoms with E-state index in [0.29, 0.717) is 0 Å². The summed E-state index contributed by atoms with van der Waals surface area (Å²) in [5.74, 6) is -3.05. The van der Waals surface area contributed by atoms with Crippen molar-refractivity contribution in [2.24, 2.45) is 5.92 Å². The van der Waals surface area contributed by atoms with Crippen LogP contribution in [-0.4, -0.2) is 18.2 Å². The summed E-state index contributed by atoms with van der Waals surface area (Å²) in [6, 6.07) is 0. The van der Waals surface area contributed by atoms with Gasteiger partial charge < -0.3 is 4.74 Å². The van der Waals surface area contributed by atoms with Crippen LogP contribution in [0.4, 0.5) is 13.2 Å². The molecule has 1 aliphatic rings. The minimum Gasteiger partial charge on any atom is -0.462 e. The number of alkyl halides is 3. The van der Waals surface area contributed by atoms with Crippen LogP contribution in [0.2, 0.25) is 0 Å². The molecule has 0 aliphatic carbocycles. The van der Waals surface area contributed by atoms with Crippen LogP contribution >= 0.6 is 0 Å². The van der Waals surface area contributed by atoms with Crippen LogP contribution in [0.15, 0.2) is 0 Å². The number of hydrogen-bond acceptors (Lipinski definition) is 2. The number of rotatable bonds is 0. The molecule has 0 aromatic carbocycles. The van der Waals surface area contributed by atoms with Gasteiger partial charge in [-0.05, 0) is 6.92 Å². The minimum atomic E-state index is -4.44. The van der Waals surface area contributed by atoms with Crippen LogP contribution in [0.25, 0.3) is 0 Å². The fourth-order valence-electron chi connectivity index (χ4n) is 1.02. The third-order valence-electron chi connectivity index (χ3n) is 1.56. The van der Waals surface area contributed by atoms with E-state index in [1.165, 1.54) is 6.92 Å². The summed E-state index contributed by atoms with van der Waals surface area (Å²) in [5, 5.41) is 0. The number of hydrogen-bond donors (Lipinski definition) is 0. The van der Waals surface area contributed by atoms with Crippen molar-refractivity contribution in [3.05, 3.63) is 0 Å². The molecule has 2 atom stereocenters. The van der Waals surface area contributed by atoms with E-state index in [-0.39, 0.29) is 6.42 Å². The van der Waals surface area contributed by atoms with Crippen LogP contribution < -0.4 is 0 Å². The molecule has 5 heteroatoms. The van der Waals surface area contributed by atoms with Crippen LogP contribution in [0, 0.1) is 5.92 Å². The van der Waals surface area contributed by atoms with Crippen molar-refractivity contribution in [2.75, 3.05) is 0 Å². The zero-order valence-electron chi connectivity index (χ0n) is 5.81. The van der Waals surface area contributed by atoms with Gasteiger partial charge in [-0.1, -0.05) is 0 Å². The first-order chi connectivity index (χ1) is 4.91. The smallest absolute Gasteiger partial charge is 0.402 e. The summed E-state index contributed by atoms with van der Waals surface area (Å²) >= 11 is 0. The van der Waals surface area contributed by atoms with Crippen LogP contribution in [0.1, 0.15) is 13.3 Å². The molecule has 0 aromatic rings. The molecule has 11 heavy (non-hydrogen) atoms.